The van der Waals surface area contributed by atoms with Gasteiger partial charge >= 0.3 is 6.18 Å². The third-order valence-electron chi connectivity index (χ3n) is 5.70. The zero-order chi connectivity index (χ0) is 40.6. The van der Waals surface area contributed by atoms with Gasteiger partial charge in [0.15, 0.2) is 5.76 Å². The second-order valence-corrected chi connectivity index (χ2v) is 10.3. The van der Waals surface area contributed by atoms with Gasteiger partial charge in [0.05, 0.1) is 0 Å². The summed E-state index contributed by atoms with van der Waals surface area (Å²) in [6.45, 7) is 34.8. The summed E-state index contributed by atoms with van der Waals surface area (Å²) in [5.74, 6) is -1.76. The SMILES string of the molecule is C=C(O)C(F)(F)F.C=C/C=C(\C(/C=C/CC)=C(C)C)c1ccc(C)cc1.C=O.CC.CC.CC=O.CCCCCCC.Cc1cccc(C)c1. The summed E-state index contributed by atoms with van der Waals surface area (Å²) in [4.78, 5) is 16.8. The highest BCUT2D eigenvalue weighted by Gasteiger charge is 2.31. The lowest BCUT2D eigenvalue weighted by molar-refractivity contribution is -0.119. The predicted molar refractivity (Wildman–Crippen MR) is 217 cm³/mol. The van der Waals surface area contributed by atoms with Gasteiger partial charge in [-0.3, -0.25) is 0 Å². The number of carbonyl (C=O) groups is 2. The Labute approximate surface area is 305 Å². The van der Waals surface area contributed by atoms with Crippen molar-refractivity contribution in [3.05, 3.63) is 125 Å². The Kier molecular flexibility index (Phi) is 50.2. The Morgan fingerprint density at radius 2 is 1.20 bits per heavy atom. The highest BCUT2D eigenvalue weighted by Crippen LogP contribution is 2.27. The summed E-state index contributed by atoms with van der Waals surface area (Å²) >= 11 is 0. The second-order valence-electron chi connectivity index (χ2n) is 10.3. The summed E-state index contributed by atoms with van der Waals surface area (Å²) in [5, 5.41) is 7.57. The summed E-state index contributed by atoms with van der Waals surface area (Å²) in [5.41, 5.74) is 9.03. The molecule has 0 aliphatic heterocycles. The fraction of sp³-hybridized carbons (Fsp3) is 0.455. The molecule has 2 aromatic rings. The molecule has 0 radical (unpaired) electrons. The number of unbranched alkanes of at least 4 members (excludes halogenated alkanes) is 4. The molecular formula is C44H71F3O3. The maximum Gasteiger partial charge on any atom is 0.448 e. The molecule has 3 nitrogen and oxygen atoms in total. The average Bonchev–Trinajstić information content (AvgIpc) is 3.08. The zero-order valence-electron chi connectivity index (χ0n) is 33.8. The molecule has 2 rings (SSSR count). The largest absolute Gasteiger partial charge is 0.505 e. The van der Waals surface area contributed by atoms with Gasteiger partial charge in [-0.25, -0.2) is 0 Å². The van der Waals surface area contributed by atoms with Crippen molar-refractivity contribution in [3.63, 3.8) is 0 Å². The van der Waals surface area contributed by atoms with Gasteiger partial charge in [0.25, 0.3) is 0 Å². The molecular weight excluding hydrogens is 633 g/mol. The van der Waals surface area contributed by atoms with Crippen LogP contribution in [0.3, 0.4) is 0 Å². The second kappa shape index (κ2) is 43.1. The number of hydrogen-bond acceptors (Lipinski definition) is 3. The number of rotatable bonds is 9. The Hall–Kier alpha value is -3.93. The molecule has 2 aromatic carbocycles. The summed E-state index contributed by atoms with van der Waals surface area (Å²) in [7, 11) is 0. The number of aliphatic hydroxyl groups excluding tert-OH is 1. The normalized spacial score (nSPS) is 9.40. The molecule has 0 saturated heterocycles. The molecule has 0 fully saturated rings. The van der Waals surface area contributed by atoms with Crippen LogP contribution in [0.4, 0.5) is 13.2 Å². The molecule has 0 bridgehead atoms. The van der Waals surface area contributed by atoms with Crippen molar-refractivity contribution in [1.29, 1.82) is 0 Å². The minimum atomic E-state index is -4.64. The van der Waals surface area contributed by atoms with Gasteiger partial charge in [0.2, 0.25) is 0 Å². The molecule has 50 heavy (non-hydrogen) atoms. The van der Waals surface area contributed by atoms with Crippen LogP contribution in [0.25, 0.3) is 5.57 Å². The van der Waals surface area contributed by atoms with Crippen LogP contribution < -0.4 is 0 Å². The highest BCUT2D eigenvalue weighted by atomic mass is 19.4. The van der Waals surface area contributed by atoms with Crippen LogP contribution in [0.2, 0.25) is 0 Å². The van der Waals surface area contributed by atoms with Gasteiger partial charge in [-0.15, -0.1) is 0 Å². The molecule has 0 aliphatic carbocycles. The molecule has 1 N–H and O–H groups in total. The minimum Gasteiger partial charge on any atom is -0.505 e. The molecule has 0 saturated carbocycles. The minimum absolute atomic E-state index is 0.750. The topological polar surface area (TPSA) is 54.4 Å². The number of carbonyl (C=O) groups excluding carboxylic acids is 2. The van der Waals surface area contributed by atoms with E-state index < -0.39 is 11.9 Å². The number of aldehydes is 1. The first-order valence-electron chi connectivity index (χ1n) is 17.6. The number of aryl methyl sites for hydroxylation is 3. The van der Waals surface area contributed by atoms with Crippen LogP contribution in [0.1, 0.15) is 130 Å². The lowest BCUT2D eigenvalue weighted by Gasteiger charge is -2.12. The molecule has 0 aliphatic rings. The molecule has 286 valence electrons. The Morgan fingerprint density at radius 3 is 1.46 bits per heavy atom. The first kappa shape index (κ1) is 58.3. The van der Waals surface area contributed by atoms with Crippen LogP contribution in [0.5, 0.6) is 0 Å². The van der Waals surface area contributed by atoms with E-state index in [1.165, 1.54) is 78.0 Å². The maximum absolute atomic E-state index is 10.8. The Bertz CT molecular complexity index is 1130. The van der Waals surface area contributed by atoms with Crippen molar-refractivity contribution in [3.8, 4) is 0 Å². The van der Waals surface area contributed by atoms with Crippen molar-refractivity contribution in [2.75, 3.05) is 0 Å². The quantitative estimate of drug-likeness (QED) is 0.122. The van der Waals surface area contributed by atoms with Crippen LogP contribution in [0.15, 0.2) is 103 Å². The first-order valence-corrected chi connectivity index (χ1v) is 17.6. The molecule has 6 heteroatoms. The van der Waals surface area contributed by atoms with Gasteiger partial charge in [0, 0.05) is 0 Å². The van der Waals surface area contributed by atoms with Gasteiger partial charge in [0.1, 0.15) is 13.1 Å². The van der Waals surface area contributed by atoms with Gasteiger partial charge in [-0.05, 0) is 64.7 Å². The lowest BCUT2D eigenvalue weighted by Crippen LogP contribution is -2.09. The molecule has 0 atom stereocenters. The van der Waals surface area contributed by atoms with E-state index in [4.69, 9.17) is 14.7 Å². The predicted octanol–water partition coefficient (Wildman–Crippen LogP) is 14.8. The summed E-state index contributed by atoms with van der Waals surface area (Å²) in [6.07, 6.45) is 12.5. The van der Waals surface area contributed by atoms with Crippen molar-refractivity contribution in [1.82, 2.24) is 0 Å². The number of benzene rings is 2. The van der Waals surface area contributed by atoms with Crippen molar-refractivity contribution in [2.45, 2.75) is 135 Å². The molecule has 0 heterocycles. The van der Waals surface area contributed by atoms with Crippen LogP contribution in [-0.4, -0.2) is 24.4 Å². The zero-order valence-corrected chi connectivity index (χ0v) is 33.8. The maximum atomic E-state index is 10.8. The molecule has 0 aromatic heterocycles. The van der Waals surface area contributed by atoms with Gasteiger partial charge in [-0.2, -0.15) is 13.2 Å². The van der Waals surface area contributed by atoms with Crippen LogP contribution in [0, 0.1) is 20.8 Å². The van der Waals surface area contributed by atoms with E-state index in [1.807, 2.05) is 40.6 Å². The number of halogens is 3. The molecule has 0 spiro atoms. The number of allylic oxidation sites excluding steroid dienone is 8. The van der Waals surface area contributed by atoms with E-state index in [0.29, 0.717) is 0 Å². The van der Waals surface area contributed by atoms with Crippen molar-refractivity contribution in [2.24, 2.45) is 0 Å². The van der Waals surface area contributed by atoms with E-state index in [1.54, 1.807) is 0 Å². The monoisotopic (exact) mass is 705 g/mol. The molecule has 0 unspecified atom stereocenters. The van der Waals surface area contributed by atoms with E-state index in [9.17, 15) is 13.2 Å². The van der Waals surface area contributed by atoms with Gasteiger partial charge < -0.3 is 14.7 Å². The first-order chi connectivity index (χ1) is 23.7. The lowest BCUT2D eigenvalue weighted by atomic mass is 9.93. The average molecular weight is 705 g/mol. The summed E-state index contributed by atoms with van der Waals surface area (Å²) in [6, 6.07) is 17.1. The fourth-order valence-electron chi connectivity index (χ4n) is 3.44. The van der Waals surface area contributed by atoms with Crippen LogP contribution >= 0.6 is 0 Å². The Balaban J connectivity index is -0.000000131. The summed E-state index contributed by atoms with van der Waals surface area (Å²) < 4.78 is 32.5. The van der Waals surface area contributed by atoms with Crippen molar-refractivity contribution < 1.29 is 27.9 Å². The van der Waals surface area contributed by atoms with E-state index >= 15 is 0 Å². The van der Waals surface area contributed by atoms with Gasteiger partial charge in [-0.1, -0.05) is 189 Å². The van der Waals surface area contributed by atoms with Crippen LogP contribution in [-0.2, 0) is 9.59 Å². The van der Waals surface area contributed by atoms with Crippen molar-refractivity contribution >= 4 is 18.6 Å². The van der Waals surface area contributed by atoms with E-state index in [0.717, 1.165) is 12.7 Å². The smallest absolute Gasteiger partial charge is 0.448 e. The number of aliphatic hydroxyl groups is 1. The highest BCUT2D eigenvalue weighted by molar-refractivity contribution is 5.83. The number of alkyl halides is 3. The standard InChI is InChI=1S/C19H24.C8H10.C7H16.C3H3F3O.C2H4O.2C2H6.CH2O/c1-6-8-10-18(15(3)4)19(9-7-2)17-13-11-16(5)12-14-17;1-7-4-3-5-8(2)6-7;1-3-5-7-6-4-2;1-2(7)3(4,5)6;1-2-3;3*1-2/h7-14H,2,6H2,1,3-5H3;3-6H,1-2H3;3-7H2,1-2H3;7H,1H2;2H,1H3;2*1-2H3;1H2/b10-8+,19-9-;;;;;;;. The third kappa shape index (κ3) is 40.2. The van der Waals surface area contributed by atoms with E-state index in [2.05, 4.69) is 135 Å². The third-order valence-corrected chi connectivity index (χ3v) is 5.70. The van der Waals surface area contributed by atoms with E-state index in [-0.39, 0.29) is 0 Å². The molecule has 0 amide bonds. The fourth-order valence-corrected chi connectivity index (χ4v) is 3.44. The number of hydrogen-bond donors (Lipinski definition) is 1. The Morgan fingerprint density at radius 1 is 0.800 bits per heavy atom.